The molecule has 0 atom stereocenters. The number of hydrogen-bond acceptors (Lipinski definition) is 1. The van der Waals surface area contributed by atoms with Crippen LogP contribution < -0.4 is 0 Å². The Morgan fingerprint density at radius 1 is 1.17 bits per heavy atom. The predicted molar refractivity (Wildman–Crippen MR) is 47.1 cm³/mol. The fraction of sp³-hybridized carbons (Fsp3) is 0.222. The molecule has 0 fully saturated rings. The Morgan fingerprint density at radius 2 is 1.75 bits per heavy atom. The molecule has 0 nitrogen and oxygen atoms in total. The average Bonchev–Trinajstić information content (AvgIpc) is 1.99. The summed E-state index contributed by atoms with van der Waals surface area (Å²) in [6, 6.07) is 3.51. The van der Waals surface area contributed by atoms with E-state index in [0.29, 0.717) is 4.90 Å². The molecule has 0 aromatic heterocycles. The zero-order valence-corrected chi connectivity index (χ0v) is 7.33. The van der Waals surface area contributed by atoms with Crippen LogP contribution in [0.25, 0.3) is 0 Å². The molecule has 0 aliphatic heterocycles. The van der Waals surface area contributed by atoms with E-state index in [0.717, 1.165) is 18.2 Å². The summed E-state index contributed by atoms with van der Waals surface area (Å²) >= 11 is 1.41. The first-order valence-electron chi connectivity index (χ1n) is 3.60. The highest BCUT2D eigenvalue weighted by molar-refractivity contribution is 7.99. The van der Waals surface area contributed by atoms with E-state index in [1.54, 1.807) is 0 Å². The van der Waals surface area contributed by atoms with Crippen LogP contribution in [0.1, 0.15) is 6.42 Å². The summed E-state index contributed by atoms with van der Waals surface area (Å²) in [6.45, 7) is 3.64. The number of halogens is 2. The second-order valence-electron chi connectivity index (χ2n) is 2.31. The number of benzene rings is 1. The van der Waals surface area contributed by atoms with Crippen molar-refractivity contribution in [1.82, 2.24) is 0 Å². The molecule has 0 unspecified atom stereocenters. The monoisotopic (exact) mass is 187 g/mol. The molecule has 0 spiro atoms. The van der Waals surface area contributed by atoms with Crippen LogP contribution in [-0.4, -0.2) is 5.75 Å². The van der Waals surface area contributed by atoms with Gasteiger partial charge in [0.1, 0.15) is 11.6 Å². The number of hydrogen-bond donors (Lipinski definition) is 0. The third-order valence-electron chi connectivity index (χ3n) is 1.25. The zero-order valence-electron chi connectivity index (χ0n) is 6.52. The first-order chi connectivity index (χ1) is 5.72. The maximum Gasteiger partial charge on any atom is 0.127 e. The second-order valence-corrected chi connectivity index (χ2v) is 3.48. The lowest BCUT2D eigenvalue weighted by molar-refractivity contribution is 0.577. The summed E-state index contributed by atoms with van der Waals surface area (Å²) in [5.41, 5.74) is 0. The van der Waals surface area contributed by atoms with Gasteiger partial charge < -0.3 is 0 Å². The lowest BCUT2D eigenvalue weighted by Crippen LogP contribution is -1.82. The van der Waals surface area contributed by atoms with Crippen LogP contribution >= 0.6 is 11.8 Å². The van der Waals surface area contributed by atoms with Crippen molar-refractivity contribution in [3.63, 3.8) is 0 Å². The molecule has 0 bridgehead atoms. The molecule has 0 aliphatic rings. The highest BCUT2D eigenvalue weighted by atomic mass is 32.2. The van der Waals surface area contributed by atoms with Gasteiger partial charge in [0.25, 0.3) is 0 Å². The Hall–Kier alpha value is -0.570. The first-order valence-corrected chi connectivity index (χ1v) is 4.59. The molecule has 0 saturated heterocycles. The SMILES string of the molecule is [CH2]CCSc1cc(F)cc(F)c1. The van der Waals surface area contributed by atoms with Crippen molar-refractivity contribution in [3.8, 4) is 0 Å². The van der Waals surface area contributed by atoms with E-state index < -0.39 is 11.6 Å². The van der Waals surface area contributed by atoms with Crippen LogP contribution in [0.15, 0.2) is 23.1 Å². The molecule has 3 heteroatoms. The van der Waals surface area contributed by atoms with E-state index in [9.17, 15) is 8.78 Å². The molecule has 1 radical (unpaired) electrons. The highest BCUT2D eigenvalue weighted by Crippen LogP contribution is 2.20. The molecule has 12 heavy (non-hydrogen) atoms. The van der Waals surface area contributed by atoms with Crippen molar-refractivity contribution in [2.75, 3.05) is 5.75 Å². The minimum absolute atomic E-state index is 0.526. The van der Waals surface area contributed by atoms with E-state index in [-0.39, 0.29) is 0 Å². The van der Waals surface area contributed by atoms with E-state index in [1.807, 2.05) is 0 Å². The lowest BCUT2D eigenvalue weighted by Gasteiger charge is -1.99. The van der Waals surface area contributed by atoms with Crippen molar-refractivity contribution < 1.29 is 8.78 Å². The molecular weight excluding hydrogens is 178 g/mol. The quantitative estimate of drug-likeness (QED) is 0.654. The van der Waals surface area contributed by atoms with E-state index in [1.165, 1.54) is 23.9 Å². The maximum absolute atomic E-state index is 12.6. The van der Waals surface area contributed by atoms with Crippen molar-refractivity contribution in [2.24, 2.45) is 0 Å². The Labute approximate surface area is 75.0 Å². The lowest BCUT2D eigenvalue weighted by atomic mass is 10.3. The largest absolute Gasteiger partial charge is 0.207 e. The van der Waals surface area contributed by atoms with Crippen LogP contribution in [-0.2, 0) is 0 Å². The average molecular weight is 187 g/mol. The molecule has 1 aromatic rings. The molecule has 0 amide bonds. The number of rotatable bonds is 3. The van der Waals surface area contributed by atoms with Crippen LogP contribution in [0, 0.1) is 18.6 Å². The minimum Gasteiger partial charge on any atom is -0.207 e. The molecular formula is C9H9F2S. The summed E-state index contributed by atoms with van der Waals surface area (Å²) in [4.78, 5) is 0.621. The molecule has 1 rings (SSSR count). The summed E-state index contributed by atoms with van der Waals surface area (Å²) < 4.78 is 25.2. The van der Waals surface area contributed by atoms with Gasteiger partial charge in [0.2, 0.25) is 0 Å². The van der Waals surface area contributed by atoms with Crippen molar-refractivity contribution in [2.45, 2.75) is 11.3 Å². The topological polar surface area (TPSA) is 0 Å². The van der Waals surface area contributed by atoms with Crippen molar-refractivity contribution >= 4 is 11.8 Å². The van der Waals surface area contributed by atoms with Gasteiger partial charge in [-0.2, -0.15) is 0 Å². The van der Waals surface area contributed by atoms with Gasteiger partial charge in [-0.3, -0.25) is 0 Å². The predicted octanol–water partition coefficient (Wildman–Crippen LogP) is 3.28. The molecule has 65 valence electrons. The van der Waals surface area contributed by atoms with Gasteiger partial charge in [-0.05, 0) is 24.3 Å². The molecule has 0 N–H and O–H groups in total. The summed E-state index contributed by atoms with van der Waals surface area (Å²) in [6.07, 6.45) is 0.753. The Morgan fingerprint density at radius 3 is 2.25 bits per heavy atom. The van der Waals surface area contributed by atoms with E-state index >= 15 is 0 Å². The van der Waals surface area contributed by atoms with Gasteiger partial charge in [0, 0.05) is 11.0 Å². The van der Waals surface area contributed by atoms with Crippen molar-refractivity contribution in [3.05, 3.63) is 36.8 Å². The van der Waals surface area contributed by atoms with Gasteiger partial charge in [-0.25, -0.2) is 8.78 Å². The van der Waals surface area contributed by atoms with E-state index in [4.69, 9.17) is 0 Å². The normalized spacial score (nSPS) is 10.2. The summed E-state index contributed by atoms with van der Waals surface area (Å²) in [5.74, 6) is -0.272. The Bertz CT molecular complexity index is 240. The van der Waals surface area contributed by atoms with Crippen LogP contribution in [0.4, 0.5) is 8.78 Å². The van der Waals surface area contributed by atoms with Gasteiger partial charge in [0.05, 0.1) is 0 Å². The zero-order chi connectivity index (χ0) is 8.97. The summed E-state index contributed by atoms with van der Waals surface area (Å²) in [5, 5.41) is 0. The minimum atomic E-state index is -0.526. The van der Waals surface area contributed by atoms with E-state index in [2.05, 4.69) is 6.92 Å². The first kappa shape index (κ1) is 9.52. The van der Waals surface area contributed by atoms with Gasteiger partial charge >= 0.3 is 0 Å². The molecule has 0 aliphatic carbocycles. The smallest absolute Gasteiger partial charge is 0.127 e. The molecule has 0 saturated carbocycles. The number of thioether (sulfide) groups is 1. The van der Waals surface area contributed by atoms with Crippen LogP contribution in [0.5, 0.6) is 0 Å². The molecule has 0 heterocycles. The highest BCUT2D eigenvalue weighted by Gasteiger charge is 1.99. The van der Waals surface area contributed by atoms with Gasteiger partial charge in [-0.15, -0.1) is 11.8 Å². The van der Waals surface area contributed by atoms with Gasteiger partial charge in [-0.1, -0.05) is 6.92 Å². The van der Waals surface area contributed by atoms with Crippen molar-refractivity contribution in [1.29, 1.82) is 0 Å². The Balaban J connectivity index is 2.72. The van der Waals surface area contributed by atoms with Gasteiger partial charge in [0.15, 0.2) is 0 Å². The fourth-order valence-corrected chi connectivity index (χ4v) is 1.57. The second kappa shape index (κ2) is 4.45. The van der Waals surface area contributed by atoms with Crippen LogP contribution in [0.2, 0.25) is 0 Å². The molecule has 1 aromatic carbocycles. The Kier molecular flexibility index (Phi) is 3.53. The van der Waals surface area contributed by atoms with Crippen LogP contribution in [0.3, 0.4) is 0 Å². The third kappa shape index (κ3) is 2.81. The standard InChI is InChI=1S/C9H9F2S/c1-2-3-12-9-5-7(10)4-8(11)6-9/h4-6H,1-3H2. The summed E-state index contributed by atoms with van der Waals surface area (Å²) in [7, 11) is 0. The fourth-order valence-electron chi connectivity index (χ4n) is 0.802. The maximum atomic E-state index is 12.6. The third-order valence-corrected chi connectivity index (χ3v) is 2.31.